The molecule has 2 N–H and O–H groups in total. The van der Waals surface area contributed by atoms with E-state index in [9.17, 15) is 19.5 Å². The minimum Gasteiger partial charge on any atom is -0.458 e. The standard InChI is InChI=1S/C37H37FN4O6S2/c1-3-37(46)23-15-27-33-21(17-42(27)34(43)22(23)18-47-35(37)44)32-25(13-12-20-19(2)24(38)16-26(40-33)31(20)32)41-36(45)48-28-9-5-4-6-10-29(28)49-50-30-11-7-8-14-39-30/h7-8,11,14-16,25,28-29,46H,3-6,9-10,12-13,17-18H2,1-2H3,(H,41,45)/t25-,28-,29-,37-/m0/s1. The molecule has 1 saturated carbocycles. The fourth-order valence-corrected chi connectivity index (χ4v) is 10.7. The predicted octanol–water partition coefficient (Wildman–Crippen LogP) is 6.78. The summed E-state index contributed by atoms with van der Waals surface area (Å²) in [5, 5.41) is 16.3. The van der Waals surface area contributed by atoms with Gasteiger partial charge in [-0.3, -0.25) is 4.79 Å². The van der Waals surface area contributed by atoms with E-state index in [2.05, 4.69) is 10.3 Å². The van der Waals surface area contributed by atoms with Gasteiger partial charge < -0.3 is 24.5 Å². The highest BCUT2D eigenvalue weighted by atomic mass is 33.1. The lowest BCUT2D eigenvalue weighted by atomic mass is 9.81. The first-order chi connectivity index (χ1) is 24.2. The van der Waals surface area contributed by atoms with Gasteiger partial charge in [-0.25, -0.2) is 23.9 Å². The summed E-state index contributed by atoms with van der Waals surface area (Å²) in [5.74, 6) is -1.17. The molecular weight excluding hydrogens is 680 g/mol. The molecule has 1 amide bonds. The normalized spacial score (nSPS) is 23.8. The van der Waals surface area contributed by atoms with Crippen LogP contribution in [0.5, 0.6) is 0 Å². The number of nitrogens with zero attached hydrogens (tertiary/aromatic N) is 3. The summed E-state index contributed by atoms with van der Waals surface area (Å²) in [6.45, 7) is 3.34. The number of esters is 1. The summed E-state index contributed by atoms with van der Waals surface area (Å²) in [5.41, 5.74) is 2.32. The zero-order chi connectivity index (χ0) is 34.7. The molecule has 4 atom stereocenters. The van der Waals surface area contributed by atoms with Crippen molar-refractivity contribution in [3.8, 4) is 11.4 Å². The Morgan fingerprint density at radius 3 is 2.80 bits per heavy atom. The second-order valence-electron chi connectivity index (χ2n) is 13.5. The minimum absolute atomic E-state index is 0.0229. The lowest BCUT2D eigenvalue weighted by Gasteiger charge is -2.31. The Bertz CT molecular complexity index is 2110. The van der Waals surface area contributed by atoms with E-state index in [0.29, 0.717) is 35.3 Å². The molecule has 10 nitrogen and oxygen atoms in total. The summed E-state index contributed by atoms with van der Waals surface area (Å²) >= 11 is 0. The summed E-state index contributed by atoms with van der Waals surface area (Å²) in [6.07, 6.45) is 6.89. The highest BCUT2D eigenvalue weighted by molar-refractivity contribution is 8.76. The first-order valence-corrected chi connectivity index (χ1v) is 19.4. The van der Waals surface area contributed by atoms with Gasteiger partial charge in [0.05, 0.1) is 40.3 Å². The number of cyclic esters (lactones) is 1. The zero-order valence-corrected chi connectivity index (χ0v) is 29.4. The molecule has 2 aliphatic heterocycles. The maximum atomic E-state index is 15.3. The third-order valence-electron chi connectivity index (χ3n) is 10.7. The maximum absolute atomic E-state index is 15.3. The van der Waals surface area contributed by atoms with Crippen LogP contribution in [0, 0.1) is 12.7 Å². The van der Waals surface area contributed by atoms with Crippen LogP contribution in [0.3, 0.4) is 0 Å². The molecule has 0 spiro atoms. The van der Waals surface area contributed by atoms with Gasteiger partial charge in [-0.15, -0.1) is 0 Å². The van der Waals surface area contributed by atoms with Gasteiger partial charge in [0.1, 0.15) is 23.6 Å². The maximum Gasteiger partial charge on any atom is 0.407 e. The lowest BCUT2D eigenvalue weighted by molar-refractivity contribution is -0.172. The highest BCUT2D eigenvalue weighted by Gasteiger charge is 2.46. The number of amides is 1. The van der Waals surface area contributed by atoms with E-state index in [4.69, 9.17) is 14.5 Å². The van der Waals surface area contributed by atoms with Crippen molar-refractivity contribution >= 4 is 44.6 Å². The molecule has 50 heavy (non-hydrogen) atoms. The van der Waals surface area contributed by atoms with Crippen molar-refractivity contribution in [3.05, 3.63) is 86.1 Å². The highest BCUT2D eigenvalue weighted by Crippen LogP contribution is 2.46. The zero-order valence-electron chi connectivity index (χ0n) is 27.8. The van der Waals surface area contributed by atoms with Gasteiger partial charge in [-0.2, -0.15) is 0 Å². The van der Waals surface area contributed by atoms with Crippen LogP contribution in [0.25, 0.3) is 22.3 Å². The first-order valence-electron chi connectivity index (χ1n) is 17.2. The van der Waals surface area contributed by atoms with Crippen LogP contribution >= 0.6 is 21.6 Å². The number of nitrogens with one attached hydrogen (secondary N) is 1. The van der Waals surface area contributed by atoms with Crippen LogP contribution in [0.4, 0.5) is 9.18 Å². The smallest absolute Gasteiger partial charge is 0.407 e. The number of halogens is 1. The third kappa shape index (κ3) is 5.48. The van der Waals surface area contributed by atoms with Crippen molar-refractivity contribution in [1.82, 2.24) is 19.9 Å². The number of pyridine rings is 3. The van der Waals surface area contributed by atoms with Gasteiger partial charge in [-0.1, -0.05) is 36.6 Å². The number of rotatable bonds is 6. The molecule has 4 aliphatic rings. The van der Waals surface area contributed by atoms with Crippen molar-refractivity contribution in [2.45, 2.75) is 106 Å². The minimum atomic E-state index is -1.97. The number of hydrogen-bond donors (Lipinski definition) is 2. The molecule has 13 heteroatoms. The van der Waals surface area contributed by atoms with E-state index in [1.54, 1.807) is 52.3 Å². The van der Waals surface area contributed by atoms with Gasteiger partial charge in [-0.05, 0) is 91.1 Å². The van der Waals surface area contributed by atoms with Crippen LogP contribution in [0.2, 0.25) is 0 Å². The van der Waals surface area contributed by atoms with Gasteiger partial charge in [0.2, 0.25) is 0 Å². The van der Waals surface area contributed by atoms with Crippen LogP contribution < -0.4 is 10.9 Å². The van der Waals surface area contributed by atoms with Crippen molar-refractivity contribution < 1.29 is 28.6 Å². The van der Waals surface area contributed by atoms with Gasteiger partial charge in [0.25, 0.3) is 5.56 Å². The van der Waals surface area contributed by atoms with Gasteiger partial charge >= 0.3 is 12.1 Å². The lowest BCUT2D eigenvalue weighted by Crippen LogP contribution is -2.44. The number of fused-ring (bicyclic) bond motifs is 5. The van der Waals surface area contributed by atoms with E-state index in [1.807, 2.05) is 18.2 Å². The summed E-state index contributed by atoms with van der Waals surface area (Å²) in [4.78, 5) is 49.7. The Kier molecular flexibility index (Phi) is 8.63. The molecule has 3 aromatic heterocycles. The van der Waals surface area contributed by atoms with Gasteiger partial charge in [0, 0.05) is 28.8 Å². The summed E-state index contributed by atoms with van der Waals surface area (Å²) in [7, 11) is 3.30. The number of aromatic nitrogens is 3. The second kappa shape index (κ2) is 13.0. The molecule has 5 heterocycles. The molecule has 1 fully saturated rings. The topological polar surface area (TPSA) is 133 Å². The Morgan fingerprint density at radius 1 is 1.16 bits per heavy atom. The molecule has 1 aromatic carbocycles. The molecule has 2 aliphatic carbocycles. The molecule has 0 unspecified atom stereocenters. The predicted molar refractivity (Wildman–Crippen MR) is 188 cm³/mol. The Morgan fingerprint density at radius 2 is 2.00 bits per heavy atom. The molecule has 8 rings (SSSR count). The van der Waals surface area contributed by atoms with Gasteiger partial charge in [0.15, 0.2) is 5.60 Å². The van der Waals surface area contributed by atoms with E-state index in [0.717, 1.165) is 59.2 Å². The SMILES string of the molecule is CC[C@@]1(O)C(=O)OCc2c1cc1n(c2=O)Cc2c-1nc1cc(F)c(C)c3c1c2[C@@H](NC(=O)O[C@H]1CCCCC[C@@H]1SSc1ccccn1)CC3. The Labute approximate surface area is 296 Å². The number of carbonyl (C=O) groups excluding carboxylic acids is 2. The van der Waals surface area contributed by atoms with Crippen molar-refractivity contribution in [1.29, 1.82) is 0 Å². The quantitative estimate of drug-likeness (QED) is 0.110. The fourth-order valence-electron chi connectivity index (χ4n) is 8.00. The monoisotopic (exact) mass is 716 g/mol. The molecule has 0 radical (unpaired) electrons. The van der Waals surface area contributed by atoms with E-state index >= 15 is 4.39 Å². The number of carbonyl (C=O) groups is 2. The van der Waals surface area contributed by atoms with E-state index in [1.165, 1.54) is 6.07 Å². The fraction of sp³-hybridized carbons (Fsp3) is 0.432. The average molecular weight is 717 g/mol. The third-order valence-corrected chi connectivity index (χ3v) is 13.6. The Balaban J connectivity index is 1.15. The summed E-state index contributed by atoms with van der Waals surface area (Å²) in [6, 6.07) is 8.39. The van der Waals surface area contributed by atoms with Crippen LogP contribution in [0.15, 0.2) is 46.3 Å². The molecule has 4 aromatic rings. The molecule has 0 bridgehead atoms. The number of aliphatic hydroxyl groups is 1. The number of ether oxygens (including phenoxy) is 2. The molecular formula is C37H37FN4O6S2. The molecule has 0 saturated heterocycles. The second-order valence-corrected chi connectivity index (χ2v) is 16.0. The van der Waals surface area contributed by atoms with Crippen LogP contribution in [-0.2, 0) is 39.4 Å². The summed E-state index contributed by atoms with van der Waals surface area (Å²) < 4.78 is 28.3. The van der Waals surface area contributed by atoms with Crippen molar-refractivity contribution in [2.75, 3.05) is 0 Å². The Hall–Kier alpha value is -3.94. The average Bonchev–Trinajstić information content (AvgIpc) is 3.34. The molecule has 260 valence electrons. The van der Waals surface area contributed by atoms with E-state index in [-0.39, 0.29) is 53.4 Å². The first kappa shape index (κ1) is 33.2. The number of aryl methyl sites for hydroxylation is 1. The number of hydrogen-bond acceptors (Lipinski definition) is 10. The van der Waals surface area contributed by atoms with Crippen molar-refractivity contribution in [2.24, 2.45) is 0 Å². The number of benzene rings is 1. The van der Waals surface area contributed by atoms with Crippen LogP contribution in [-0.4, -0.2) is 43.1 Å². The van der Waals surface area contributed by atoms with Crippen molar-refractivity contribution in [3.63, 3.8) is 0 Å². The largest absolute Gasteiger partial charge is 0.458 e. The number of alkyl carbamates (subject to hydrolysis) is 1. The van der Waals surface area contributed by atoms with Crippen LogP contribution in [0.1, 0.15) is 91.3 Å². The van der Waals surface area contributed by atoms with E-state index < -0.39 is 23.7 Å².